The van der Waals surface area contributed by atoms with Gasteiger partial charge in [0, 0.05) is 32.4 Å². The molecular weight excluding hydrogens is 204 g/mol. The second-order valence-corrected chi connectivity index (χ2v) is 3.68. The van der Waals surface area contributed by atoms with E-state index in [1.165, 1.54) is 5.56 Å². The number of aryl methyl sites for hydroxylation is 2. The molecule has 0 saturated carbocycles. The third kappa shape index (κ3) is 2.70. The van der Waals surface area contributed by atoms with Gasteiger partial charge < -0.3 is 14.4 Å². The molecular formula is C11H16N4O. The van der Waals surface area contributed by atoms with Crippen molar-refractivity contribution in [3.63, 3.8) is 0 Å². The molecule has 0 aromatic carbocycles. The number of aromatic nitrogens is 3. The zero-order valence-electron chi connectivity index (χ0n) is 9.60. The van der Waals surface area contributed by atoms with Crippen molar-refractivity contribution in [2.75, 3.05) is 0 Å². The summed E-state index contributed by atoms with van der Waals surface area (Å²) in [6.45, 7) is 6.37. The first kappa shape index (κ1) is 10.9. The molecule has 5 nitrogen and oxygen atoms in total. The fourth-order valence-electron chi connectivity index (χ4n) is 1.52. The van der Waals surface area contributed by atoms with Crippen LogP contribution in [0.15, 0.2) is 23.0 Å². The van der Waals surface area contributed by atoms with E-state index in [0.29, 0.717) is 18.3 Å². The highest BCUT2D eigenvalue weighted by Crippen LogP contribution is 2.01. The summed E-state index contributed by atoms with van der Waals surface area (Å²) in [6, 6.07) is 2.11. The van der Waals surface area contributed by atoms with E-state index in [-0.39, 0.29) is 0 Å². The highest BCUT2D eigenvalue weighted by molar-refractivity contribution is 5.09. The van der Waals surface area contributed by atoms with Gasteiger partial charge in [0.2, 0.25) is 5.89 Å². The summed E-state index contributed by atoms with van der Waals surface area (Å²) in [5, 5.41) is 7.08. The lowest BCUT2D eigenvalue weighted by atomic mass is 10.3. The van der Waals surface area contributed by atoms with Gasteiger partial charge in [0.1, 0.15) is 0 Å². The number of hydrogen-bond donors (Lipinski definition) is 1. The van der Waals surface area contributed by atoms with Gasteiger partial charge >= 0.3 is 0 Å². The van der Waals surface area contributed by atoms with Crippen molar-refractivity contribution in [2.24, 2.45) is 0 Å². The van der Waals surface area contributed by atoms with Crippen LogP contribution in [0.2, 0.25) is 0 Å². The third-order valence-corrected chi connectivity index (χ3v) is 2.36. The van der Waals surface area contributed by atoms with Crippen molar-refractivity contribution < 1.29 is 4.52 Å². The van der Waals surface area contributed by atoms with Gasteiger partial charge in [0.15, 0.2) is 5.82 Å². The van der Waals surface area contributed by atoms with Crippen LogP contribution < -0.4 is 5.32 Å². The Morgan fingerprint density at radius 3 is 2.94 bits per heavy atom. The van der Waals surface area contributed by atoms with Gasteiger partial charge in [0.05, 0.1) is 6.54 Å². The van der Waals surface area contributed by atoms with Crippen LogP contribution in [0.3, 0.4) is 0 Å². The van der Waals surface area contributed by atoms with Crippen LogP contribution in [-0.4, -0.2) is 14.7 Å². The topological polar surface area (TPSA) is 55.9 Å². The van der Waals surface area contributed by atoms with Crippen molar-refractivity contribution in [2.45, 2.75) is 33.5 Å². The van der Waals surface area contributed by atoms with E-state index < -0.39 is 0 Å². The normalized spacial score (nSPS) is 10.9. The minimum absolute atomic E-state index is 0.605. The zero-order valence-corrected chi connectivity index (χ0v) is 9.60. The van der Waals surface area contributed by atoms with Gasteiger partial charge in [-0.2, -0.15) is 4.98 Å². The molecule has 1 N–H and O–H groups in total. The van der Waals surface area contributed by atoms with E-state index in [4.69, 9.17) is 4.52 Å². The van der Waals surface area contributed by atoms with Crippen molar-refractivity contribution in [3.8, 4) is 0 Å². The fourth-order valence-corrected chi connectivity index (χ4v) is 1.52. The molecule has 0 saturated heterocycles. The van der Waals surface area contributed by atoms with Gasteiger partial charge in [-0.05, 0) is 18.6 Å². The number of nitrogens with one attached hydrogen (secondary N) is 1. The smallest absolute Gasteiger partial charge is 0.223 e. The Kier molecular flexibility index (Phi) is 3.36. The fraction of sp³-hybridized carbons (Fsp3) is 0.455. The van der Waals surface area contributed by atoms with Crippen molar-refractivity contribution in [3.05, 3.63) is 35.7 Å². The maximum absolute atomic E-state index is 4.88. The lowest BCUT2D eigenvalue weighted by molar-refractivity contribution is 0.385. The molecule has 2 heterocycles. The molecule has 0 fully saturated rings. The largest absolute Gasteiger partial charge is 0.354 e. The molecule has 0 aliphatic rings. The number of nitrogens with zero attached hydrogens (tertiary/aromatic N) is 3. The zero-order chi connectivity index (χ0) is 11.4. The lowest BCUT2D eigenvalue weighted by Gasteiger charge is -1.99. The molecule has 0 amide bonds. The SMILES string of the molecule is CCn1ccc(CNCc2noc(C)n2)c1. The summed E-state index contributed by atoms with van der Waals surface area (Å²) in [7, 11) is 0. The molecule has 0 bridgehead atoms. The Balaban J connectivity index is 1.79. The molecule has 86 valence electrons. The molecule has 0 spiro atoms. The Hall–Kier alpha value is -1.62. The standard InChI is InChI=1S/C11H16N4O/c1-3-15-5-4-10(8-15)6-12-7-11-13-9(2)16-14-11/h4-5,8,12H,3,6-7H2,1-2H3. The van der Waals surface area contributed by atoms with Crippen LogP contribution >= 0.6 is 0 Å². The second kappa shape index (κ2) is 4.94. The molecule has 16 heavy (non-hydrogen) atoms. The van der Waals surface area contributed by atoms with Crippen molar-refractivity contribution in [1.29, 1.82) is 0 Å². The number of rotatable bonds is 5. The molecule has 0 atom stereocenters. The first-order valence-electron chi connectivity index (χ1n) is 5.42. The molecule has 0 aliphatic heterocycles. The molecule has 2 aromatic heterocycles. The first-order chi connectivity index (χ1) is 7.78. The van der Waals surface area contributed by atoms with E-state index in [1.807, 2.05) is 0 Å². The Labute approximate surface area is 94.5 Å². The molecule has 2 rings (SSSR count). The highest BCUT2D eigenvalue weighted by atomic mass is 16.5. The van der Waals surface area contributed by atoms with Crippen LogP contribution in [0.5, 0.6) is 0 Å². The van der Waals surface area contributed by atoms with Crippen LogP contribution in [-0.2, 0) is 19.6 Å². The highest BCUT2D eigenvalue weighted by Gasteiger charge is 2.01. The summed E-state index contributed by atoms with van der Waals surface area (Å²) < 4.78 is 7.03. The average molecular weight is 220 g/mol. The van der Waals surface area contributed by atoms with Crippen molar-refractivity contribution >= 4 is 0 Å². The maximum atomic E-state index is 4.88. The van der Waals surface area contributed by atoms with Gasteiger partial charge in [-0.15, -0.1) is 0 Å². The van der Waals surface area contributed by atoms with Gasteiger partial charge in [-0.1, -0.05) is 5.16 Å². The maximum Gasteiger partial charge on any atom is 0.223 e. The Bertz CT molecular complexity index is 446. The minimum Gasteiger partial charge on any atom is -0.354 e. The van der Waals surface area contributed by atoms with E-state index >= 15 is 0 Å². The average Bonchev–Trinajstić information content (AvgIpc) is 2.88. The van der Waals surface area contributed by atoms with Gasteiger partial charge in [-0.25, -0.2) is 0 Å². The van der Waals surface area contributed by atoms with E-state index in [9.17, 15) is 0 Å². The quantitative estimate of drug-likeness (QED) is 0.829. The molecule has 2 aromatic rings. The summed E-state index contributed by atoms with van der Waals surface area (Å²) >= 11 is 0. The predicted molar refractivity (Wildman–Crippen MR) is 59.7 cm³/mol. The molecule has 5 heteroatoms. The Morgan fingerprint density at radius 1 is 1.44 bits per heavy atom. The summed E-state index contributed by atoms with van der Waals surface area (Å²) in [5.41, 5.74) is 1.27. The second-order valence-electron chi connectivity index (χ2n) is 3.68. The van der Waals surface area contributed by atoms with E-state index in [2.05, 4.69) is 45.4 Å². The number of hydrogen-bond acceptors (Lipinski definition) is 4. The lowest BCUT2D eigenvalue weighted by Crippen LogP contribution is -2.13. The van der Waals surface area contributed by atoms with Gasteiger partial charge in [-0.3, -0.25) is 0 Å². The van der Waals surface area contributed by atoms with Crippen LogP contribution in [0, 0.1) is 6.92 Å². The summed E-state index contributed by atoms with van der Waals surface area (Å²) in [6.07, 6.45) is 4.21. The van der Waals surface area contributed by atoms with Crippen LogP contribution in [0.4, 0.5) is 0 Å². The molecule has 0 aliphatic carbocycles. The van der Waals surface area contributed by atoms with Crippen LogP contribution in [0.1, 0.15) is 24.2 Å². The van der Waals surface area contributed by atoms with Crippen LogP contribution in [0.25, 0.3) is 0 Å². The third-order valence-electron chi connectivity index (χ3n) is 2.36. The van der Waals surface area contributed by atoms with Crippen molar-refractivity contribution in [1.82, 2.24) is 20.0 Å². The Morgan fingerprint density at radius 2 is 2.31 bits per heavy atom. The van der Waals surface area contributed by atoms with E-state index in [1.54, 1.807) is 6.92 Å². The summed E-state index contributed by atoms with van der Waals surface area (Å²) in [4.78, 5) is 4.12. The van der Waals surface area contributed by atoms with Gasteiger partial charge in [0.25, 0.3) is 0 Å². The monoisotopic (exact) mass is 220 g/mol. The summed E-state index contributed by atoms with van der Waals surface area (Å²) in [5.74, 6) is 1.31. The van der Waals surface area contributed by atoms with E-state index in [0.717, 1.165) is 13.1 Å². The molecule has 0 unspecified atom stereocenters. The predicted octanol–water partition coefficient (Wildman–Crippen LogP) is 1.49. The minimum atomic E-state index is 0.605. The molecule has 0 radical (unpaired) electrons. The first-order valence-corrected chi connectivity index (χ1v) is 5.42.